The van der Waals surface area contributed by atoms with Crippen LogP contribution in [-0.2, 0) is 46.5 Å². The molecular weight excluding hydrogens is 508 g/mol. The zero-order valence-electron chi connectivity index (χ0n) is 22.2. The molecule has 4 N–H and O–H groups in total. The number of hydrogen-bond acceptors (Lipinski definition) is 9. The van der Waals surface area contributed by atoms with Crippen molar-refractivity contribution in [2.45, 2.75) is 76.8 Å². The fourth-order valence-electron chi connectivity index (χ4n) is 4.05. The molecule has 0 aromatic heterocycles. The van der Waals surface area contributed by atoms with Crippen LogP contribution in [0.4, 0.5) is 0 Å². The molecule has 1 saturated heterocycles. The topological polar surface area (TPSA) is 153 Å². The van der Waals surface area contributed by atoms with Crippen LogP contribution in [0.25, 0.3) is 0 Å². The SMILES string of the molecule is CC(=O)N[C@@H]1[C@H](OCc2ccccc2)O[C@H](CO)[C@@H](O)[C@@H]1O[C@@H](C)C(=O)N[C@H](C)C(=O)OCc1ccccc1. The highest BCUT2D eigenvalue weighted by Crippen LogP contribution is 2.26. The second kappa shape index (κ2) is 14.7. The molecular formula is C28H36N2O9. The van der Waals surface area contributed by atoms with Crippen LogP contribution in [0.2, 0.25) is 0 Å². The summed E-state index contributed by atoms with van der Waals surface area (Å²) < 4.78 is 22.8. The Morgan fingerprint density at radius 1 is 0.974 bits per heavy atom. The smallest absolute Gasteiger partial charge is 0.328 e. The summed E-state index contributed by atoms with van der Waals surface area (Å²) >= 11 is 0. The zero-order chi connectivity index (χ0) is 28.4. The molecule has 1 heterocycles. The van der Waals surface area contributed by atoms with Crippen molar-refractivity contribution in [3.05, 3.63) is 71.8 Å². The average molecular weight is 545 g/mol. The fourth-order valence-corrected chi connectivity index (χ4v) is 4.05. The van der Waals surface area contributed by atoms with E-state index < -0.39 is 67.2 Å². The number of carbonyl (C=O) groups is 3. The molecule has 2 aromatic carbocycles. The standard InChI is InChI=1S/C28H36N2O9/c1-17(27(35)36-15-20-10-6-4-7-11-20)29-26(34)18(2)38-25-23(30-19(3)32)28(39-22(14-31)24(25)33)37-16-21-12-8-5-9-13-21/h4-13,17-18,22-25,28,31,33H,14-16H2,1-3H3,(H,29,34)(H,30,32)/t17-,18+,22-,23+,24-,25-,28-/m1/s1. The van der Waals surface area contributed by atoms with Crippen molar-refractivity contribution in [2.75, 3.05) is 6.61 Å². The first kappa shape index (κ1) is 30.2. The van der Waals surface area contributed by atoms with Crippen LogP contribution in [0.3, 0.4) is 0 Å². The Morgan fingerprint density at radius 2 is 1.56 bits per heavy atom. The molecule has 11 heteroatoms. The Hall–Kier alpha value is -3.35. The van der Waals surface area contributed by atoms with Crippen molar-refractivity contribution in [3.8, 4) is 0 Å². The summed E-state index contributed by atoms with van der Waals surface area (Å²) in [5, 5.41) is 25.9. The Morgan fingerprint density at radius 3 is 2.13 bits per heavy atom. The fraction of sp³-hybridized carbons (Fsp3) is 0.464. The Kier molecular flexibility index (Phi) is 11.4. The van der Waals surface area contributed by atoms with Gasteiger partial charge in [-0.05, 0) is 25.0 Å². The number of carbonyl (C=O) groups excluding carboxylic acids is 3. The molecule has 0 bridgehead atoms. The molecule has 0 spiro atoms. The number of aliphatic hydroxyl groups is 2. The van der Waals surface area contributed by atoms with Crippen molar-refractivity contribution in [1.29, 1.82) is 0 Å². The summed E-state index contributed by atoms with van der Waals surface area (Å²) in [5.41, 5.74) is 1.65. The van der Waals surface area contributed by atoms with Crippen LogP contribution in [0.5, 0.6) is 0 Å². The Labute approximate surface area is 227 Å². The van der Waals surface area contributed by atoms with Crippen LogP contribution in [-0.4, -0.2) is 77.4 Å². The normalized spacial score (nSPS) is 24.3. The summed E-state index contributed by atoms with van der Waals surface area (Å²) in [6.07, 6.45) is -5.92. The quantitative estimate of drug-likeness (QED) is 0.284. The molecule has 3 rings (SSSR count). The number of rotatable bonds is 12. The Balaban J connectivity index is 1.64. The molecule has 212 valence electrons. The van der Waals surface area contributed by atoms with Gasteiger partial charge in [0, 0.05) is 6.92 Å². The van der Waals surface area contributed by atoms with Gasteiger partial charge in [0.15, 0.2) is 6.29 Å². The molecule has 2 aromatic rings. The van der Waals surface area contributed by atoms with E-state index in [1.165, 1.54) is 20.8 Å². The van der Waals surface area contributed by atoms with Gasteiger partial charge >= 0.3 is 5.97 Å². The lowest BCUT2D eigenvalue weighted by Crippen LogP contribution is -2.66. The van der Waals surface area contributed by atoms with Crippen molar-refractivity contribution in [2.24, 2.45) is 0 Å². The van der Waals surface area contributed by atoms with Gasteiger partial charge in [0.1, 0.15) is 43.1 Å². The minimum Gasteiger partial charge on any atom is -0.459 e. The summed E-state index contributed by atoms with van der Waals surface area (Å²) in [6, 6.07) is 16.4. The van der Waals surface area contributed by atoms with Gasteiger partial charge in [-0.2, -0.15) is 0 Å². The summed E-state index contributed by atoms with van der Waals surface area (Å²) in [7, 11) is 0. The summed E-state index contributed by atoms with van der Waals surface area (Å²) in [5.74, 6) is -1.70. The first-order chi connectivity index (χ1) is 18.7. The average Bonchev–Trinajstić information content (AvgIpc) is 2.93. The molecule has 1 aliphatic heterocycles. The van der Waals surface area contributed by atoms with E-state index in [1.54, 1.807) is 0 Å². The Bertz CT molecular complexity index is 1070. The predicted octanol–water partition coefficient (Wildman–Crippen LogP) is 0.808. The van der Waals surface area contributed by atoms with Crippen molar-refractivity contribution < 1.29 is 43.5 Å². The molecule has 11 nitrogen and oxygen atoms in total. The number of amides is 2. The molecule has 1 fully saturated rings. The van der Waals surface area contributed by atoms with Gasteiger partial charge in [-0.15, -0.1) is 0 Å². The number of ether oxygens (including phenoxy) is 4. The van der Waals surface area contributed by atoms with E-state index in [0.29, 0.717) is 0 Å². The van der Waals surface area contributed by atoms with Gasteiger partial charge in [0.2, 0.25) is 11.8 Å². The second-order valence-electron chi connectivity index (χ2n) is 9.31. The molecule has 0 radical (unpaired) electrons. The second-order valence-corrected chi connectivity index (χ2v) is 9.31. The molecule has 7 atom stereocenters. The molecule has 0 unspecified atom stereocenters. The van der Waals surface area contributed by atoms with E-state index in [9.17, 15) is 24.6 Å². The maximum Gasteiger partial charge on any atom is 0.328 e. The summed E-state index contributed by atoms with van der Waals surface area (Å²) in [4.78, 5) is 37.2. The van der Waals surface area contributed by atoms with E-state index in [-0.39, 0.29) is 13.2 Å². The van der Waals surface area contributed by atoms with E-state index in [4.69, 9.17) is 18.9 Å². The predicted molar refractivity (Wildman–Crippen MR) is 139 cm³/mol. The largest absolute Gasteiger partial charge is 0.459 e. The van der Waals surface area contributed by atoms with E-state index in [1.807, 2.05) is 60.7 Å². The van der Waals surface area contributed by atoms with Gasteiger partial charge < -0.3 is 39.8 Å². The van der Waals surface area contributed by atoms with Gasteiger partial charge in [0.25, 0.3) is 0 Å². The van der Waals surface area contributed by atoms with Gasteiger partial charge in [-0.25, -0.2) is 4.79 Å². The maximum atomic E-state index is 12.9. The van der Waals surface area contributed by atoms with Gasteiger partial charge in [-0.3, -0.25) is 9.59 Å². The number of esters is 1. The molecule has 2 amide bonds. The highest BCUT2D eigenvalue weighted by molar-refractivity contribution is 5.86. The van der Waals surface area contributed by atoms with Crippen LogP contribution < -0.4 is 10.6 Å². The van der Waals surface area contributed by atoms with Crippen molar-refractivity contribution in [1.82, 2.24) is 10.6 Å². The third-order valence-electron chi connectivity index (χ3n) is 6.15. The number of benzene rings is 2. The van der Waals surface area contributed by atoms with Crippen molar-refractivity contribution >= 4 is 17.8 Å². The minimum absolute atomic E-state index is 0.0610. The number of nitrogens with one attached hydrogen (secondary N) is 2. The van der Waals surface area contributed by atoms with E-state index in [2.05, 4.69) is 10.6 Å². The lowest BCUT2D eigenvalue weighted by molar-refractivity contribution is -0.283. The van der Waals surface area contributed by atoms with Gasteiger partial charge in [-0.1, -0.05) is 60.7 Å². The molecule has 0 saturated carbocycles. The van der Waals surface area contributed by atoms with Crippen LogP contribution in [0.1, 0.15) is 31.9 Å². The highest BCUT2D eigenvalue weighted by Gasteiger charge is 2.48. The zero-order valence-corrected chi connectivity index (χ0v) is 22.2. The third-order valence-corrected chi connectivity index (χ3v) is 6.15. The van der Waals surface area contributed by atoms with Crippen LogP contribution in [0.15, 0.2) is 60.7 Å². The lowest BCUT2D eigenvalue weighted by Gasteiger charge is -2.44. The number of aliphatic hydroxyl groups excluding tert-OH is 2. The molecule has 1 aliphatic rings. The monoisotopic (exact) mass is 544 g/mol. The molecule has 0 aliphatic carbocycles. The maximum absolute atomic E-state index is 12.9. The highest BCUT2D eigenvalue weighted by atomic mass is 16.7. The molecule has 39 heavy (non-hydrogen) atoms. The number of hydrogen-bond donors (Lipinski definition) is 4. The van der Waals surface area contributed by atoms with E-state index >= 15 is 0 Å². The first-order valence-electron chi connectivity index (χ1n) is 12.7. The van der Waals surface area contributed by atoms with E-state index in [0.717, 1.165) is 11.1 Å². The summed E-state index contributed by atoms with van der Waals surface area (Å²) in [6.45, 7) is 3.85. The first-order valence-corrected chi connectivity index (χ1v) is 12.7. The van der Waals surface area contributed by atoms with Crippen LogP contribution in [0, 0.1) is 0 Å². The minimum atomic E-state index is -1.40. The van der Waals surface area contributed by atoms with Crippen LogP contribution >= 0.6 is 0 Å². The van der Waals surface area contributed by atoms with Crippen molar-refractivity contribution in [3.63, 3.8) is 0 Å². The lowest BCUT2D eigenvalue weighted by atomic mass is 9.96. The van der Waals surface area contributed by atoms with Gasteiger partial charge in [0.05, 0.1) is 13.2 Å². The third kappa shape index (κ3) is 8.84.